The lowest BCUT2D eigenvalue weighted by molar-refractivity contribution is -0.123. The van der Waals surface area contributed by atoms with Crippen LogP contribution >= 0.6 is 11.3 Å². The number of urea groups is 1. The summed E-state index contributed by atoms with van der Waals surface area (Å²) < 4.78 is 4.73. The van der Waals surface area contributed by atoms with Crippen molar-refractivity contribution in [2.24, 2.45) is 0 Å². The molecule has 2 N–H and O–H groups in total. The maximum absolute atomic E-state index is 11.4. The van der Waals surface area contributed by atoms with Gasteiger partial charge in [-0.25, -0.2) is 9.59 Å². The SMILES string of the molecule is CC(C)NC(=O)NC(=O)COC(=O)c1cccs1. The van der Waals surface area contributed by atoms with Gasteiger partial charge in [0, 0.05) is 6.04 Å². The Morgan fingerprint density at radius 1 is 1.39 bits per heavy atom. The lowest BCUT2D eigenvalue weighted by Crippen LogP contribution is -2.44. The molecule has 0 aliphatic carbocycles. The van der Waals surface area contributed by atoms with Crippen LogP contribution in [0.1, 0.15) is 23.5 Å². The van der Waals surface area contributed by atoms with Gasteiger partial charge in [0.1, 0.15) is 4.88 Å². The highest BCUT2D eigenvalue weighted by molar-refractivity contribution is 7.11. The highest BCUT2D eigenvalue weighted by Crippen LogP contribution is 2.09. The first-order chi connectivity index (χ1) is 8.49. The summed E-state index contributed by atoms with van der Waals surface area (Å²) in [7, 11) is 0. The van der Waals surface area contributed by atoms with Gasteiger partial charge in [-0.3, -0.25) is 10.1 Å². The molecule has 0 aliphatic rings. The first-order valence-corrected chi connectivity index (χ1v) is 6.18. The average Bonchev–Trinajstić information content (AvgIpc) is 2.77. The molecule has 3 amide bonds. The first kappa shape index (κ1) is 14.2. The van der Waals surface area contributed by atoms with Crippen LogP contribution in [0.15, 0.2) is 17.5 Å². The molecule has 0 aliphatic heterocycles. The van der Waals surface area contributed by atoms with Crippen LogP contribution in [0.4, 0.5) is 4.79 Å². The standard InChI is InChI=1S/C11H14N2O4S/c1-7(2)12-11(16)13-9(14)6-17-10(15)8-4-3-5-18-8/h3-5,7H,6H2,1-2H3,(H2,12,13,14,16). The van der Waals surface area contributed by atoms with E-state index < -0.39 is 24.5 Å². The van der Waals surface area contributed by atoms with Gasteiger partial charge >= 0.3 is 12.0 Å². The van der Waals surface area contributed by atoms with Crippen molar-refractivity contribution in [3.8, 4) is 0 Å². The molecule has 0 saturated heterocycles. The van der Waals surface area contributed by atoms with E-state index in [0.29, 0.717) is 4.88 Å². The Morgan fingerprint density at radius 3 is 2.67 bits per heavy atom. The van der Waals surface area contributed by atoms with Crippen molar-refractivity contribution in [1.29, 1.82) is 0 Å². The molecule has 98 valence electrons. The van der Waals surface area contributed by atoms with Crippen LogP contribution in [-0.4, -0.2) is 30.6 Å². The third-order valence-electron chi connectivity index (χ3n) is 1.73. The van der Waals surface area contributed by atoms with E-state index in [4.69, 9.17) is 4.74 Å². The molecular weight excluding hydrogens is 256 g/mol. The fraction of sp³-hybridized carbons (Fsp3) is 0.364. The van der Waals surface area contributed by atoms with Crippen LogP contribution in [-0.2, 0) is 9.53 Å². The number of esters is 1. The van der Waals surface area contributed by atoms with E-state index in [2.05, 4.69) is 5.32 Å². The largest absolute Gasteiger partial charge is 0.451 e. The second kappa shape index (κ2) is 6.75. The number of carbonyl (C=O) groups is 3. The summed E-state index contributed by atoms with van der Waals surface area (Å²) in [4.78, 5) is 34.2. The fourth-order valence-electron chi connectivity index (χ4n) is 1.06. The van der Waals surface area contributed by atoms with Crippen LogP contribution < -0.4 is 10.6 Å². The zero-order chi connectivity index (χ0) is 13.5. The van der Waals surface area contributed by atoms with E-state index in [1.54, 1.807) is 31.4 Å². The molecule has 0 fully saturated rings. The lowest BCUT2D eigenvalue weighted by atomic mass is 10.4. The highest BCUT2D eigenvalue weighted by Gasteiger charge is 2.13. The molecule has 1 aromatic rings. The van der Waals surface area contributed by atoms with Crippen LogP contribution in [0, 0.1) is 0 Å². The van der Waals surface area contributed by atoms with E-state index in [9.17, 15) is 14.4 Å². The molecule has 0 atom stereocenters. The number of thiophene rings is 1. The number of nitrogens with one attached hydrogen (secondary N) is 2. The summed E-state index contributed by atoms with van der Waals surface area (Å²) in [5.41, 5.74) is 0. The molecule has 0 bridgehead atoms. The summed E-state index contributed by atoms with van der Waals surface area (Å²) in [6.07, 6.45) is 0. The van der Waals surface area contributed by atoms with Gasteiger partial charge in [0.2, 0.25) is 0 Å². The summed E-state index contributed by atoms with van der Waals surface area (Å²) in [6, 6.07) is 2.61. The van der Waals surface area contributed by atoms with Crippen molar-refractivity contribution < 1.29 is 19.1 Å². The Balaban J connectivity index is 2.29. The van der Waals surface area contributed by atoms with Gasteiger partial charge in [0.15, 0.2) is 6.61 Å². The molecular formula is C11H14N2O4S. The molecule has 6 nitrogen and oxygen atoms in total. The van der Waals surface area contributed by atoms with Gasteiger partial charge in [-0.05, 0) is 25.3 Å². The number of ether oxygens (including phenoxy) is 1. The van der Waals surface area contributed by atoms with E-state index in [-0.39, 0.29) is 6.04 Å². The Bertz CT molecular complexity index is 428. The van der Waals surface area contributed by atoms with Crippen LogP contribution in [0.2, 0.25) is 0 Å². The van der Waals surface area contributed by atoms with Crippen molar-refractivity contribution in [2.75, 3.05) is 6.61 Å². The zero-order valence-electron chi connectivity index (χ0n) is 10.1. The third-order valence-corrected chi connectivity index (χ3v) is 2.58. The fourth-order valence-corrected chi connectivity index (χ4v) is 1.67. The molecule has 0 spiro atoms. The molecule has 0 radical (unpaired) electrons. The third kappa shape index (κ3) is 4.96. The molecule has 0 aromatic carbocycles. The number of carbonyl (C=O) groups excluding carboxylic acids is 3. The Kier molecular flexibility index (Phi) is 5.31. The van der Waals surface area contributed by atoms with Crippen LogP contribution in [0.25, 0.3) is 0 Å². The number of hydrogen-bond donors (Lipinski definition) is 2. The number of rotatable bonds is 4. The summed E-state index contributed by atoms with van der Waals surface area (Å²) in [6.45, 7) is 3.05. The highest BCUT2D eigenvalue weighted by atomic mass is 32.1. The minimum absolute atomic E-state index is 0.0773. The molecule has 0 saturated carbocycles. The number of hydrogen-bond acceptors (Lipinski definition) is 5. The molecule has 1 heterocycles. The van der Waals surface area contributed by atoms with Gasteiger partial charge in [-0.1, -0.05) is 6.07 Å². The second-order valence-electron chi connectivity index (χ2n) is 3.73. The lowest BCUT2D eigenvalue weighted by Gasteiger charge is -2.09. The Morgan fingerprint density at radius 2 is 2.11 bits per heavy atom. The van der Waals surface area contributed by atoms with E-state index in [0.717, 1.165) is 0 Å². The minimum Gasteiger partial charge on any atom is -0.451 e. The second-order valence-corrected chi connectivity index (χ2v) is 4.68. The normalized spacial score (nSPS) is 9.94. The molecule has 7 heteroatoms. The van der Waals surface area contributed by atoms with Crippen molar-refractivity contribution in [3.63, 3.8) is 0 Å². The van der Waals surface area contributed by atoms with Crippen LogP contribution in [0.5, 0.6) is 0 Å². The predicted octanol–water partition coefficient (Wildman–Crippen LogP) is 1.14. The predicted molar refractivity (Wildman–Crippen MR) is 66.4 cm³/mol. The van der Waals surface area contributed by atoms with Gasteiger partial charge in [-0.2, -0.15) is 0 Å². The summed E-state index contributed by atoms with van der Waals surface area (Å²) >= 11 is 1.22. The topological polar surface area (TPSA) is 84.5 Å². The minimum atomic E-state index is -0.668. The van der Waals surface area contributed by atoms with E-state index in [1.807, 2.05) is 5.32 Å². The number of amides is 3. The van der Waals surface area contributed by atoms with Crippen LogP contribution in [0.3, 0.4) is 0 Å². The Hall–Kier alpha value is -1.89. The van der Waals surface area contributed by atoms with Gasteiger partial charge in [0.05, 0.1) is 0 Å². The summed E-state index contributed by atoms with van der Waals surface area (Å²) in [5, 5.41) is 6.26. The molecule has 1 rings (SSSR count). The number of imide groups is 1. The van der Waals surface area contributed by atoms with E-state index in [1.165, 1.54) is 11.3 Å². The monoisotopic (exact) mass is 270 g/mol. The van der Waals surface area contributed by atoms with Gasteiger partial charge in [0.25, 0.3) is 5.91 Å². The maximum Gasteiger partial charge on any atom is 0.348 e. The van der Waals surface area contributed by atoms with Gasteiger partial charge < -0.3 is 10.1 Å². The molecule has 1 aromatic heterocycles. The Labute approximate surface area is 108 Å². The van der Waals surface area contributed by atoms with Gasteiger partial charge in [-0.15, -0.1) is 11.3 Å². The van der Waals surface area contributed by atoms with Crippen molar-refractivity contribution in [1.82, 2.24) is 10.6 Å². The van der Waals surface area contributed by atoms with E-state index >= 15 is 0 Å². The van der Waals surface area contributed by atoms with Crippen molar-refractivity contribution in [2.45, 2.75) is 19.9 Å². The average molecular weight is 270 g/mol. The summed E-state index contributed by atoms with van der Waals surface area (Å²) in [5.74, 6) is -1.25. The first-order valence-electron chi connectivity index (χ1n) is 5.30. The smallest absolute Gasteiger partial charge is 0.348 e. The molecule has 18 heavy (non-hydrogen) atoms. The quantitative estimate of drug-likeness (QED) is 0.803. The van der Waals surface area contributed by atoms with Crippen molar-refractivity contribution in [3.05, 3.63) is 22.4 Å². The molecule has 0 unspecified atom stereocenters. The zero-order valence-corrected chi connectivity index (χ0v) is 10.9. The van der Waals surface area contributed by atoms with Crippen molar-refractivity contribution >= 4 is 29.2 Å². The maximum atomic E-state index is 11.4.